The number of aliphatic hydroxyl groups excluding tert-OH is 1. The highest BCUT2D eigenvalue weighted by Crippen LogP contribution is 2.26. The monoisotopic (exact) mass is 245 g/mol. The van der Waals surface area contributed by atoms with Gasteiger partial charge in [-0.3, -0.25) is 10.1 Å². The van der Waals surface area contributed by atoms with E-state index in [9.17, 15) is 10.1 Å². The summed E-state index contributed by atoms with van der Waals surface area (Å²) in [6.45, 7) is 4.13. The van der Waals surface area contributed by atoms with Crippen LogP contribution in [0.5, 0.6) is 0 Å². The molecular formula is C9H15N3O3S. The zero-order chi connectivity index (χ0) is 12.1. The highest BCUT2D eigenvalue weighted by atomic mass is 32.1. The third-order valence-corrected chi connectivity index (χ3v) is 3.11. The number of aliphatic hydroxyl groups is 1. The molecule has 0 amide bonds. The van der Waals surface area contributed by atoms with E-state index < -0.39 is 4.92 Å². The molecule has 1 atom stereocenters. The lowest BCUT2D eigenvalue weighted by atomic mass is 10.0. The molecule has 1 heterocycles. The van der Waals surface area contributed by atoms with Crippen molar-refractivity contribution < 1.29 is 10.0 Å². The zero-order valence-corrected chi connectivity index (χ0v) is 10.0. The first kappa shape index (κ1) is 12.9. The maximum atomic E-state index is 10.5. The van der Waals surface area contributed by atoms with Gasteiger partial charge in [0.05, 0.1) is 4.92 Å². The molecule has 6 nitrogen and oxygen atoms in total. The van der Waals surface area contributed by atoms with E-state index >= 15 is 0 Å². The number of aromatic nitrogens is 1. The normalized spacial score (nSPS) is 12.8. The number of hydrogen-bond donors (Lipinski definition) is 2. The minimum absolute atomic E-state index is 0.0222. The van der Waals surface area contributed by atoms with Crippen molar-refractivity contribution in [2.24, 2.45) is 5.92 Å². The molecule has 0 saturated carbocycles. The van der Waals surface area contributed by atoms with Gasteiger partial charge in [-0.2, -0.15) is 0 Å². The van der Waals surface area contributed by atoms with Gasteiger partial charge in [0.15, 0.2) is 5.13 Å². The van der Waals surface area contributed by atoms with Crippen molar-refractivity contribution >= 4 is 21.5 Å². The van der Waals surface area contributed by atoms with E-state index in [0.717, 1.165) is 11.3 Å². The summed E-state index contributed by atoms with van der Waals surface area (Å²) in [6, 6.07) is 0.0794. The number of nitrogens with zero attached hydrogens (tertiary/aromatic N) is 2. The van der Waals surface area contributed by atoms with E-state index in [4.69, 9.17) is 5.11 Å². The Kier molecular flexibility index (Phi) is 4.63. The third kappa shape index (κ3) is 3.42. The first-order valence-electron chi connectivity index (χ1n) is 5.02. The molecule has 1 rings (SSSR count). The lowest BCUT2D eigenvalue weighted by Crippen LogP contribution is -2.26. The second kappa shape index (κ2) is 5.76. The Morgan fingerprint density at radius 1 is 1.69 bits per heavy atom. The molecule has 0 aliphatic heterocycles. The van der Waals surface area contributed by atoms with Crippen LogP contribution in [0.25, 0.3) is 0 Å². The van der Waals surface area contributed by atoms with Crippen molar-refractivity contribution in [3.8, 4) is 0 Å². The summed E-state index contributed by atoms with van der Waals surface area (Å²) >= 11 is 1.01. The fourth-order valence-corrected chi connectivity index (χ4v) is 1.98. The van der Waals surface area contributed by atoms with Crippen LogP contribution < -0.4 is 5.32 Å². The van der Waals surface area contributed by atoms with Gasteiger partial charge < -0.3 is 10.4 Å². The van der Waals surface area contributed by atoms with Crippen LogP contribution in [0.1, 0.15) is 20.3 Å². The van der Waals surface area contributed by atoms with Gasteiger partial charge in [0.25, 0.3) is 0 Å². The molecule has 0 saturated heterocycles. The Hall–Kier alpha value is -1.21. The number of anilines is 1. The molecule has 0 radical (unpaired) electrons. The fourth-order valence-electron chi connectivity index (χ4n) is 1.29. The number of thiazole rings is 1. The van der Waals surface area contributed by atoms with Crippen LogP contribution >= 0.6 is 11.3 Å². The Morgan fingerprint density at radius 3 is 2.81 bits per heavy atom. The van der Waals surface area contributed by atoms with E-state index in [1.807, 2.05) is 13.8 Å². The summed E-state index contributed by atoms with van der Waals surface area (Å²) < 4.78 is 0. The van der Waals surface area contributed by atoms with Crippen molar-refractivity contribution in [3.63, 3.8) is 0 Å². The average molecular weight is 245 g/mol. The first-order chi connectivity index (χ1) is 7.54. The van der Waals surface area contributed by atoms with Gasteiger partial charge in [-0.25, -0.2) is 4.98 Å². The SMILES string of the molecule is CC(C)C(CCO)Nc1ncc([N+](=O)[O-])s1. The standard InChI is InChI=1S/C9H15N3O3S/c1-6(2)7(3-4-13)11-9-10-5-8(16-9)12(14)15/h5-7,13H,3-4H2,1-2H3,(H,10,11). The van der Waals surface area contributed by atoms with Crippen LogP contribution in [0.2, 0.25) is 0 Å². The van der Waals surface area contributed by atoms with Crippen LogP contribution in [0, 0.1) is 16.0 Å². The lowest BCUT2D eigenvalue weighted by Gasteiger charge is -2.20. The zero-order valence-electron chi connectivity index (χ0n) is 9.21. The molecule has 90 valence electrons. The molecule has 0 aliphatic rings. The van der Waals surface area contributed by atoms with Crippen molar-refractivity contribution in [1.29, 1.82) is 0 Å². The van der Waals surface area contributed by atoms with Crippen molar-refractivity contribution in [1.82, 2.24) is 4.98 Å². The number of nitro groups is 1. The highest BCUT2D eigenvalue weighted by Gasteiger charge is 2.17. The van der Waals surface area contributed by atoms with E-state index in [1.54, 1.807) is 0 Å². The molecule has 0 fully saturated rings. The number of hydrogen-bond acceptors (Lipinski definition) is 6. The van der Waals surface area contributed by atoms with Crippen molar-refractivity contribution in [3.05, 3.63) is 16.3 Å². The van der Waals surface area contributed by atoms with Crippen molar-refractivity contribution in [2.75, 3.05) is 11.9 Å². The fraction of sp³-hybridized carbons (Fsp3) is 0.667. The van der Waals surface area contributed by atoms with Crippen LogP contribution in [0.15, 0.2) is 6.20 Å². The average Bonchev–Trinajstić information content (AvgIpc) is 2.65. The second-order valence-corrected chi connectivity index (χ2v) is 4.78. The smallest absolute Gasteiger partial charge is 0.345 e. The minimum atomic E-state index is -0.459. The summed E-state index contributed by atoms with van der Waals surface area (Å²) in [4.78, 5) is 13.9. The quantitative estimate of drug-likeness (QED) is 0.590. The molecule has 0 spiro atoms. The molecule has 1 aromatic rings. The highest BCUT2D eigenvalue weighted by molar-refractivity contribution is 7.18. The minimum Gasteiger partial charge on any atom is -0.396 e. The molecular weight excluding hydrogens is 230 g/mol. The van der Waals surface area contributed by atoms with E-state index in [-0.39, 0.29) is 17.6 Å². The van der Waals surface area contributed by atoms with Crippen LogP contribution in [0.3, 0.4) is 0 Å². The largest absolute Gasteiger partial charge is 0.396 e. The van der Waals surface area contributed by atoms with Gasteiger partial charge in [0.1, 0.15) is 6.20 Å². The van der Waals surface area contributed by atoms with Gasteiger partial charge in [-0.05, 0) is 23.7 Å². The summed E-state index contributed by atoms with van der Waals surface area (Å²) in [5.74, 6) is 0.329. The Bertz CT molecular complexity index is 354. The van der Waals surface area contributed by atoms with Crippen LogP contribution in [-0.2, 0) is 0 Å². The molecule has 1 aromatic heterocycles. The van der Waals surface area contributed by atoms with Crippen molar-refractivity contribution in [2.45, 2.75) is 26.3 Å². The summed E-state index contributed by atoms with van der Waals surface area (Å²) in [6.07, 6.45) is 1.84. The van der Waals surface area contributed by atoms with Gasteiger partial charge >= 0.3 is 5.00 Å². The number of rotatable bonds is 6. The predicted molar refractivity (Wildman–Crippen MR) is 62.7 cm³/mol. The van der Waals surface area contributed by atoms with Crippen LogP contribution in [-0.4, -0.2) is 27.7 Å². The lowest BCUT2D eigenvalue weighted by molar-refractivity contribution is -0.380. The molecule has 16 heavy (non-hydrogen) atoms. The maximum Gasteiger partial charge on any atom is 0.345 e. The maximum absolute atomic E-state index is 10.5. The van der Waals surface area contributed by atoms with Gasteiger partial charge in [-0.15, -0.1) is 0 Å². The topological polar surface area (TPSA) is 88.3 Å². The Morgan fingerprint density at radius 2 is 2.38 bits per heavy atom. The number of nitrogens with one attached hydrogen (secondary N) is 1. The second-order valence-electron chi connectivity index (χ2n) is 3.77. The molecule has 1 unspecified atom stereocenters. The van der Waals surface area contributed by atoms with E-state index in [1.165, 1.54) is 6.20 Å². The molecule has 0 aromatic carbocycles. The molecule has 0 aliphatic carbocycles. The summed E-state index contributed by atoms with van der Waals surface area (Å²) in [5, 5.41) is 23.0. The van der Waals surface area contributed by atoms with E-state index in [2.05, 4.69) is 10.3 Å². The van der Waals surface area contributed by atoms with Gasteiger partial charge in [0.2, 0.25) is 0 Å². The first-order valence-corrected chi connectivity index (χ1v) is 5.84. The van der Waals surface area contributed by atoms with E-state index in [0.29, 0.717) is 17.5 Å². The van der Waals surface area contributed by atoms with Crippen LogP contribution in [0.4, 0.5) is 10.1 Å². The molecule has 7 heteroatoms. The summed E-state index contributed by atoms with van der Waals surface area (Å²) in [7, 11) is 0. The van der Waals surface area contributed by atoms with Gasteiger partial charge in [-0.1, -0.05) is 13.8 Å². The molecule has 0 bridgehead atoms. The van der Waals surface area contributed by atoms with Gasteiger partial charge in [0, 0.05) is 12.6 Å². The Labute approximate surface area is 97.5 Å². The predicted octanol–water partition coefficient (Wildman–Crippen LogP) is 1.87. The third-order valence-electron chi connectivity index (χ3n) is 2.23. The Balaban J connectivity index is 2.66. The molecule has 2 N–H and O–H groups in total. The summed E-state index contributed by atoms with van der Waals surface area (Å²) in [5.41, 5.74) is 0.